The molecule has 1 aromatic carbocycles. The van der Waals surface area contributed by atoms with Crippen LogP contribution in [-0.2, 0) is 0 Å². The van der Waals surface area contributed by atoms with Gasteiger partial charge in [0.2, 0.25) is 0 Å². The molecule has 86 valence electrons. The molecule has 0 saturated heterocycles. The molecule has 0 fully saturated rings. The molecule has 1 rings (SSSR count). The zero-order valence-corrected chi connectivity index (χ0v) is 10.1. The highest BCUT2D eigenvalue weighted by molar-refractivity contribution is 5.30. The molecule has 0 aromatic heterocycles. The van der Waals surface area contributed by atoms with Crippen molar-refractivity contribution in [3.05, 3.63) is 34.9 Å². The summed E-state index contributed by atoms with van der Waals surface area (Å²) in [4.78, 5) is 0. The molecule has 0 aliphatic heterocycles. The highest BCUT2D eigenvalue weighted by Gasteiger charge is 2.09. The second-order valence-corrected chi connectivity index (χ2v) is 4.24. The van der Waals surface area contributed by atoms with Crippen molar-refractivity contribution in [3.63, 3.8) is 0 Å². The van der Waals surface area contributed by atoms with Crippen molar-refractivity contribution in [2.45, 2.75) is 39.2 Å². The van der Waals surface area contributed by atoms with Gasteiger partial charge in [0.1, 0.15) is 0 Å². The molecule has 0 heterocycles. The first-order chi connectivity index (χ1) is 7.67. The van der Waals surface area contributed by atoms with Crippen LogP contribution >= 0.6 is 0 Å². The minimum absolute atomic E-state index is 0.201. The van der Waals surface area contributed by atoms with Gasteiger partial charge in [-0.3, -0.25) is 11.3 Å². The summed E-state index contributed by atoms with van der Waals surface area (Å²) in [5, 5.41) is 0. The van der Waals surface area contributed by atoms with Gasteiger partial charge in [0, 0.05) is 12.5 Å². The fourth-order valence-corrected chi connectivity index (χ4v) is 1.97. The number of unbranched alkanes of at least 4 members (excludes halogenated alkanes) is 1. The zero-order chi connectivity index (χ0) is 12.0. The minimum atomic E-state index is 0.201. The van der Waals surface area contributed by atoms with Gasteiger partial charge in [-0.2, -0.15) is 0 Å². The van der Waals surface area contributed by atoms with Gasteiger partial charge in [-0.15, -0.1) is 12.3 Å². The van der Waals surface area contributed by atoms with Gasteiger partial charge in [-0.05, 0) is 32.3 Å². The van der Waals surface area contributed by atoms with E-state index in [1.54, 1.807) is 0 Å². The van der Waals surface area contributed by atoms with Crippen LogP contribution in [0.2, 0.25) is 0 Å². The van der Waals surface area contributed by atoms with Crippen molar-refractivity contribution >= 4 is 0 Å². The SMILES string of the molecule is C#CCCCC(NN)c1cc(C)cc(C)c1. The highest BCUT2D eigenvalue weighted by Crippen LogP contribution is 2.21. The first kappa shape index (κ1) is 12.8. The molecule has 0 radical (unpaired) electrons. The molecule has 0 saturated carbocycles. The third kappa shape index (κ3) is 3.69. The fourth-order valence-electron chi connectivity index (χ4n) is 1.97. The summed E-state index contributed by atoms with van der Waals surface area (Å²) >= 11 is 0. The van der Waals surface area contributed by atoms with E-state index >= 15 is 0 Å². The number of hydrogen-bond acceptors (Lipinski definition) is 2. The lowest BCUT2D eigenvalue weighted by molar-refractivity contribution is 0.502. The maximum absolute atomic E-state index is 5.59. The molecular weight excluding hydrogens is 196 g/mol. The molecule has 16 heavy (non-hydrogen) atoms. The smallest absolute Gasteiger partial charge is 0.0460 e. The highest BCUT2D eigenvalue weighted by atomic mass is 15.2. The minimum Gasteiger partial charge on any atom is -0.271 e. The summed E-state index contributed by atoms with van der Waals surface area (Å²) in [6, 6.07) is 6.71. The van der Waals surface area contributed by atoms with Crippen LogP contribution in [0.1, 0.15) is 42.0 Å². The lowest BCUT2D eigenvalue weighted by Crippen LogP contribution is -2.28. The Morgan fingerprint density at radius 1 is 1.31 bits per heavy atom. The monoisotopic (exact) mass is 216 g/mol. The van der Waals surface area contributed by atoms with Gasteiger partial charge in [0.25, 0.3) is 0 Å². The lowest BCUT2D eigenvalue weighted by atomic mass is 9.98. The number of benzene rings is 1. The summed E-state index contributed by atoms with van der Waals surface area (Å²) in [6.45, 7) is 4.21. The Balaban J connectivity index is 2.74. The van der Waals surface area contributed by atoms with Crippen molar-refractivity contribution in [3.8, 4) is 12.3 Å². The molecule has 2 heteroatoms. The van der Waals surface area contributed by atoms with E-state index in [-0.39, 0.29) is 6.04 Å². The Morgan fingerprint density at radius 3 is 2.44 bits per heavy atom. The first-order valence-corrected chi connectivity index (χ1v) is 5.65. The molecule has 0 spiro atoms. The van der Waals surface area contributed by atoms with Gasteiger partial charge in [-0.25, -0.2) is 0 Å². The van der Waals surface area contributed by atoms with Crippen molar-refractivity contribution in [2.24, 2.45) is 5.84 Å². The van der Waals surface area contributed by atoms with Gasteiger partial charge in [0.05, 0.1) is 0 Å². The van der Waals surface area contributed by atoms with Crippen molar-refractivity contribution in [1.82, 2.24) is 5.43 Å². The van der Waals surface area contributed by atoms with Crippen molar-refractivity contribution in [2.75, 3.05) is 0 Å². The molecule has 1 atom stereocenters. The molecule has 1 aromatic rings. The first-order valence-electron chi connectivity index (χ1n) is 5.65. The lowest BCUT2D eigenvalue weighted by Gasteiger charge is -2.17. The van der Waals surface area contributed by atoms with Crippen molar-refractivity contribution in [1.29, 1.82) is 0 Å². The Morgan fingerprint density at radius 2 is 1.94 bits per heavy atom. The number of hydrazine groups is 1. The van der Waals surface area contributed by atoms with Crippen LogP contribution in [-0.4, -0.2) is 0 Å². The van der Waals surface area contributed by atoms with E-state index in [0.717, 1.165) is 19.3 Å². The Labute approximate surface area is 98.2 Å². The number of rotatable bonds is 5. The van der Waals surface area contributed by atoms with Crippen LogP contribution in [0.5, 0.6) is 0 Å². The van der Waals surface area contributed by atoms with Crippen LogP contribution in [0.3, 0.4) is 0 Å². The molecule has 2 nitrogen and oxygen atoms in total. The fraction of sp³-hybridized carbons (Fsp3) is 0.429. The molecule has 0 aliphatic carbocycles. The molecular formula is C14H20N2. The van der Waals surface area contributed by atoms with E-state index in [0.29, 0.717) is 0 Å². The molecule has 0 bridgehead atoms. The number of nitrogens with one attached hydrogen (secondary N) is 1. The molecule has 0 amide bonds. The summed E-state index contributed by atoms with van der Waals surface area (Å²) in [6.07, 6.45) is 8.02. The quantitative estimate of drug-likeness (QED) is 0.344. The third-order valence-electron chi connectivity index (χ3n) is 2.66. The van der Waals surface area contributed by atoms with Crippen LogP contribution in [0, 0.1) is 26.2 Å². The van der Waals surface area contributed by atoms with Crippen LogP contribution < -0.4 is 11.3 Å². The van der Waals surface area contributed by atoms with Gasteiger partial charge in [-0.1, -0.05) is 29.3 Å². The largest absolute Gasteiger partial charge is 0.271 e. The predicted molar refractivity (Wildman–Crippen MR) is 68.7 cm³/mol. The van der Waals surface area contributed by atoms with Crippen LogP contribution in [0.4, 0.5) is 0 Å². The van der Waals surface area contributed by atoms with E-state index in [9.17, 15) is 0 Å². The Bertz CT molecular complexity index is 357. The molecule has 1 unspecified atom stereocenters. The maximum Gasteiger partial charge on any atom is 0.0460 e. The van der Waals surface area contributed by atoms with Gasteiger partial charge in [0.15, 0.2) is 0 Å². The Kier molecular flexibility index (Phi) is 5.04. The number of hydrogen-bond donors (Lipinski definition) is 2. The molecule has 3 N–H and O–H groups in total. The van der Waals surface area contributed by atoms with Crippen molar-refractivity contribution < 1.29 is 0 Å². The topological polar surface area (TPSA) is 38.0 Å². The van der Waals surface area contributed by atoms with E-state index < -0.39 is 0 Å². The summed E-state index contributed by atoms with van der Waals surface area (Å²) < 4.78 is 0. The van der Waals surface area contributed by atoms with Crippen LogP contribution in [0.25, 0.3) is 0 Å². The average Bonchev–Trinajstić information content (AvgIpc) is 2.23. The second kappa shape index (κ2) is 6.32. The standard InChI is InChI=1S/C14H20N2/c1-4-5-6-7-14(16-15)13-9-11(2)8-12(3)10-13/h1,8-10,14,16H,5-7,15H2,2-3H3. The maximum atomic E-state index is 5.59. The number of terminal acetylenes is 1. The number of aryl methyl sites for hydroxylation is 2. The van der Waals surface area contributed by atoms with Gasteiger partial charge >= 0.3 is 0 Å². The van der Waals surface area contributed by atoms with E-state index in [1.165, 1.54) is 16.7 Å². The normalized spacial score (nSPS) is 12.1. The van der Waals surface area contributed by atoms with Gasteiger partial charge < -0.3 is 0 Å². The second-order valence-electron chi connectivity index (χ2n) is 4.24. The number of nitrogens with two attached hydrogens (primary N) is 1. The summed E-state index contributed by atoms with van der Waals surface area (Å²) in [5.41, 5.74) is 6.65. The summed E-state index contributed by atoms with van der Waals surface area (Å²) in [5.74, 6) is 8.24. The third-order valence-corrected chi connectivity index (χ3v) is 2.66. The predicted octanol–water partition coefficient (Wildman–Crippen LogP) is 2.61. The van der Waals surface area contributed by atoms with Crippen LogP contribution in [0.15, 0.2) is 18.2 Å². The summed E-state index contributed by atoms with van der Waals surface area (Å²) in [7, 11) is 0. The van der Waals surface area contributed by atoms with E-state index in [4.69, 9.17) is 12.3 Å². The van der Waals surface area contributed by atoms with E-state index in [1.807, 2.05) is 0 Å². The average molecular weight is 216 g/mol. The zero-order valence-electron chi connectivity index (χ0n) is 10.1. The molecule has 0 aliphatic rings. The van der Waals surface area contributed by atoms with E-state index in [2.05, 4.69) is 43.4 Å². The Hall–Kier alpha value is -1.30.